The number of oxazole rings is 1. The number of carbonyl (C=O) groups excluding carboxylic acids is 1. The number of nitrogens with one attached hydrogen (secondary N) is 1. The molecule has 2 aromatic carbocycles. The molecule has 0 radical (unpaired) electrons. The van der Waals surface area contributed by atoms with Crippen molar-refractivity contribution in [3.8, 4) is 5.75 Å². The molecule has 1 N–H and O–H groups in total. The molecule has 6 nitrogen and oxygen atoms in total. The zero-order valence-corrected chi connectivity index (χ0v) is 13.5. The lowest BCUT2D eigenvalue weighted by molar-refractivity contribution is -0.123. The summed E-state index contributed by atoms with van der Waals surface area (Å²) in [5.74, 6) is 0.0748. The zero-order valence-electron chi connectivity index (χ0n) is 13.5. The third-order valence-electron chi connectivity index (χ3n) is 3.80. The van der Waals surface area contributed by atoms with Crippen molar-refractivity contribution in [1.82, 2.24) is 9.88 Å². The van der Waals surface area contributed by atoms with Crippen LogP contribution >= 0.6 is 0 Å². The number of rotatable bonds is 5. The highest BCUT2D eigenvalue weighted by Gasteiger charge is 2.08. The van der Waals surface area contributed by atoms with Crippen LogP contribution in [0.5, 0.6) is 5.75 Å². The van der Waals surface area contributed by atoms with Crippen LogP contribution in [0.2, 0.25) is 0 Å². The fraction of sp³-hybridized carbons (Fsp3) is 0.222. The summed E-state index contributed by atoms with van der Waals surface area (Å²) >= 11 is 0. The molecule has 1 aromatic heterocycles. The lowest BCUT2D eigenvalue weighted by Crippen LogP contribution is -2.28. The first-order chi connectivity index (χ1) is 11.5. The fourth-order valence-corrected chi connectivity index (χ4v) is 2.40. The number of hydrogen-bond donors (Lipinski definition) is 1. The Morgan fingerprint density at radius 1 is 1.25 bits per heavy atom. The maximum atomic E-state index is 11.9. The van der Waals surface area contributed by atoms with Crippen LogP contribution in [0.4, 0.5) is 0 Å². The lowest BCUT2D eigenvalue weighted by Gasteiger charge is -2.09. The minimum Gasteiger partial charge on any atom is -0.484 e. The Hall–Kier alpha value is -3.02. The number of nitrogens with zero attached hydrogens (tertiary/aromatic N) is 1. The summed E-state index contributed by atoms with van der Waals surface area (Å²) in [6.45, 7) is 2.22. The summed E-state index contributed by atoms with van der Waals surface area (Å²) in [7, 11) is 1.65. The molecule has 0 saturated carbocycles. The maximum Gasteiger partial charge on any atom is 0.419 e. The summed E-state index contributed by atoms with van der Waals surface area (Å²) in [6, 6.07) is 12.9. The highest BCUT2D eigenvalue weighted by Crippen LogP contribution is 2.16. The predicted molar refractivity (Wildman–Crippen MR) is 90.0 cm³/mol. The van der Waals surface area contributed by atoms with Gasteiger partial charge in [0.2, 0.25) is 0 Å². The van der Waals surface area contributed by atoms with Crippen molar-refractivity contribution in [2.45, 2.75) is 13.5 Å². The van der Waals surface area contributed by atoms with Crippen LogP contribution in [-0.4, -0.2) is 17.1 Å². The Kier molecular flexibility index (Phi) is 4.37. The van der Waals surface area contributed by atoms with E-state index in [1.165, 1.54) is 4.57 Å². The molecule has 0 fully saturated rings. The molecule has 0 aliphatic heterocycles. The maximum absolute atomic E-state index is 11.9. The molecular formula is C18H18N2O4. The SMILES string of the molecule is Cc1ccccc1OCC(=O)NCc1ccc2c(c1)oc(=O)n2C. The van der Waals surface area contributed by atoms with E-state index >= 15 is 0 Å². The van der Waals surface area contributed by atoms with Crippen molar-refractivity contribution in [3.63, 3.8) is 0 Å². The molecule has 3 rings (SSSR count). The van der Waals surface area contributed by atoms with E-state index in [2.05, 4.69) is 5.32 Å². The van der Waals surface area contributed by atoms with Gasteiger partial charge in [-0.05, 0) is 36.2 Å². The van der Waals surface area contributed by atoms with Gasteiger partial charge in [-0.25, -0.2) is 4.79 Å². The Morgan fingerprint density at radius 3 is 2.83 bits per heavy atom. The number of amides is 1. The molecule has 0 saturated heterocycles. The summed E-state index contributed by atoms with van der Waals surface area (Å²) in [5, 5.41) is 2.78. The molecule has 0 spiro atoms. The van der Waals surface area contributed by atoms with Crippen molar-refractivity contribution in [3.05, 3.63) is 64.1 Å². The molecular weight excluding hydrogens is 308 g/mol. The van der Waals surface area contributed by atoms with Gasteiger partial charge < -0.3 is 14.5 Å². The quantitative estimate of drug-likeness (QED) is 0.779. The van der Waals surface area contributed by atoms with Crippen molar-refractivity contribution in [2.24, 2.45) is 7.05 Å². The molecule has 0 aliphatic rings. The van der Waals surface area contributed by atoms with Gasteiger partial charge in [0, 0.05) is 13.6 Å². The monoisotopic (exact) mass is 326 g/mol. The van der Waals surface area contributed by atoms with Crippen molar-refractivity contribution < 1.29 is 13.9 Å². The minimum atomic E-state index is -0.405. The fourth-order valence-electron chi connectivity index (χ4n) is 2.40. The Labute approximate surface area is 138 Å². The van der Waals surface area contributed by atoms with Crippen LogP contribution in [0, 0.1) is 6.92 Å². The highest BCUT2D eigenvalue weighted by atomic mass is 16.5. The van der Waals surface area contributed by atoms with Gasteiger partial charge >= 0.3 is 5.76 Å². The third kappa shape index (κ3) is 3.32. The van der Waals surface area contributed by atoms with E-state index in [1.807, 2.05) is 37.3 Å². The van der Waals surface area contributed by atoms with E-state index in [4.69, 9.17) is 9.15 Å². The molecule has 0 bridgehead atoms. The van der Waals surface area contributed by atoms with Gasteiger partial charge in [-0.1, -0.05) is 24.3 Å². The Balaban J connectivity index is 1.58. The van der Waals surface area contributed by atoms with Gasteiger partial charge in [0.1, 0.15) is 5.75 Å². The molecule has 124 valence electrons. The number of benzene rings is 2. The highest BCUT2D eigenvalue weighted by molar-refractivity contribution is 5.78. The largest absolute Gasteiger partial charge is 0.484 e. The van der Waals surface area contributed by atoms with Crippen LogP contribution in [-0.2, 0) is 18.4 Å². The van der Waals surface area contributed by atoms with Crippen molar-refractivity contribution in [1.29, 1.82) is 0 Å². The summed E-state index contributed by atoms with van der Waals surface area (Å²) in [4.78, 5) is 23.4. The summed E-state index contributed by atoms with van der Waals surface area (Å²) in [5.41, 5.74) is 3.05. The van der Waals surface area contributed by atoms with Crippen LogP contribution in [0.3, 0.4) is 0 Å². The van der Waals surface area contributed by atoms with Gasteiger partial charge in [-0.3, -0.25) is 9.36 Å². The van der Waals surface area contributed by atoms with Crippen LogP contribution in [0.15, 0.2) is 51.7 Å². The molecule has 0 atom stereocenters. The topological polar surface area (TPSA) is 73.5 Å². The van der Waals surface area contributed by atoms with Crippen molar-refractivity contribution >= 4 is 17.0 Å². The number of aromatic nitrogens is 1. The molecule has 0 aliphatic carbocycles. The van der Waals surface area contributed by atoms with E-state index in [0.717, 1.165) is 16.6 Å². The standard InChI is InChI=1S/C18H18N2O4/c1-12-5-3-4-6-15(12)23-11-17(21)19-10-13-7-8-14-16(9-13)24-18(22)20(14)2/h3-9H,10-11H2,1-2H3,(H,19,21). The van der Waals surface area contributed by atoms with Gasteiger partial charge in [-0.15, -0.1) is 0 Å². The van der Waals surface area contributed by atoms with Gasteiger partial charge in [-0.2, -0.15) is 0 Å². The second kappa shape index (κ2) is 6.62. The smallest absolute Gasteiger partial charge is 0.419 e. The predicted octanol–water partition coefficient (Wildman–Crippen LogP) is 2.14. The number of para-hydroxylation sites is 1. The molecule has 24 heavy (non-hydrogen) atoms. The van der Waals surface area contributed by atoms with Gasteiger partial charge in [0.25, 0.3) is 5.91 Å². The van der Waals surface area contributed by atoms with E-state index in [1.54, 1.807) is 19.2 Å². The summed E-state index contributed by atoms with van der Waals surface area (Å²) in [6.07, 6.45) is 0. The van der Waals surface area contributed by atoms with Crippen LogP contribution in [0.25, 0.3) is 11.1 Å². The average Bonchev–Trinajstić information content (AvgIpc) is 2.86. The van der Waals surface area contributed by atoms with Gasteiger partial charge in [0.15, 0.2) is 12.2 Å². The van der Waals surface area contributed by atoms with E-state index < -0.39 is 5.76 Å². The molecule has 1 heterocycles. The third-order valence-corrected chi connectivity index (χ3v) is 3.80. The van der Waals surface area contributed by atoms with Crippen molar-refractivity contribution in [2.75, 3.05) is 6.61 Å². The zero-order chi connectivity index (χ0) is 17.1. The van der Waals surface area contributed by atoms with Crippen LogP contribution in [0.1, 0.15) is 11.1 Å². The van der Waals surface area contributed by atoms with E-state index in [0.29, 0.717) is 17.9 Å². The second-order valence-electron chi connectivity index (χ2n) is 5.56. The molecule has 6 heteroatoms. The number of carbonyl (C=O) groups is 1. The Bertz CT molecular complexity index is 940. The first-order valence-electron chi connectivity index (χ1n) is 7.58. The molecule has 0 unspecified atom stereocenters. The molecule has 1 amide bonds. The molecule has 3 aromatic rings. The minimum absolute atomic E-state index is 0.0481. The first-order valence-corrected chi connectivity index (χ1v) is 7.58. The number of hydrogen-bond acceptors (Lipinski definition) is 4. The normalized spacial score (nSPS) is 10.8. The van der Waals surface area contributed by atoms with Crippen LogP contribution < -0.4 is 15.8 Å². The van der Waals surface area contributed by atoms with E-state index in [9.17, 15) is 9.59 Å². The number of fused-ring (bicyclic) bond motifs is 1. The summed E-state index contributed by atoms with van der Waals surface area (Å²) < 4.78 is 12.1. The average molecular weight is 326 g/mol. The van der Waals surface area contributed by atoms with E-state index in [-0.39, 0.29) is 12.5 Å². The number of ether oxygens (including phenoxy) is 1. The first kappa shape index (κ1) is 15.9. The number of aryl methyl sites for hydroxylation is 2. The lowest BCUT2D eigenvalue weighted by atomic mass is 10.2. The Morgan fingerprint density at radius 2 is 2.04 bits per heavy atom. The van der Waals surface area contributed by atoms with Gasteiger partial charge in [0.05, 0.1) is 5.52 Å². The second-order valence-corrected chi connectivity index (χ2v) is 5.56.